The molecule has 2 N–H and O–H groups in total. The predicted molar refractivity (Wildman–Crippen MR) is 70.6 cm³/mol. The van der Waals surface area contributed by atoms with Crippen molar-refractivity contribution in [2.75, 3.05) is 5.73 Å². The molecule has 0 aliphatic rings. The Labute approximate surface area is 108 Å². The summed E-state index contributed by atoms with van der Waals surface area (Å²) in [6.45, 7) is 1.84. The zero-order chi connectivity index (χ0) is 13.1. The van der Waals surface area contributed by atoms with Crippen LogP contribution in [0, 0.1) is 17.0 Å². The maximum absolute atomic E-state index is 10.5. The van der Waals surface area contributed by atoms with Crippen LogP contribution >= 0.6 is 11.8 Å². The van der Waals surface area contributed by atoms with E-state index in [1.807, 2.05) is 13.0 Å². The summed E-state index contributed by atoms with van der Waals surface area (Å²) in [5, 5.41) is 11.3. The van der Waals surface area contributed by atoms with Gasteiger partial charge in [-0.05, 0) is 31.2 Å². The SMILES string of the molecule is Cc1nc(Sc2ccc([N+](=O)[O-])cc2)ccc1N. The van der Waals surface area contributed by atoms with Crippen molar-refractivity contribution in [1.82, 2.24) is 4.98 Å². The summed E-state index contributed by atoms with van der Waals surface area (Å²) in [5.41, 5.74) is 7.21. The molecule has 0 atom stereocenters. The van der Waals surface area contributed by atoms with Crippen LogP contribution in [0.5, 0.6) is 0 Å². The number of benzene rings is 1. The summed E-state index contributed by atoms with van der Waals surface area (Å²) in [4.78, 5) is 15.3. The summed E-state index contributed by atoms with van der Waals surface area (Å²) >= 11 is 1.44. The number of pyridine rings is 1. The van der Waals surface area contributed by atoms with Crippen molar-refractivity contribution in [3.63, 3.8) is 0 Å². The molecule has 0 saturated carbocycles. The largest absolute Gasteiger partial charge is 0.397 e. The molecule has 0 unspecified atom stereocenters. The molecule has 0 aliphatic heterocycles. The van der Waals surface area contributed by atoms with Gasteiger partial charge in [-0.15, -0.1) is 0 Å². The molecule has 0 aliphatic carbocycles. The Hall–Kier alpha value is -2.08. The number of anilines is 1. The Balaban J connectivity index is 2.18. The number of nitro benzene ring substituents is 1. The fraction of sp³-hybridized carbons (Fsp3) is 0.0833. The average Bonchev–Trinajstić information content (AvgIpc) is 2.34. The summed E-state index contributed by atoms with van der Waals surface area (Å²) in [5.74, 6) is 0. The van der Waals surface area contributed by atoms with Crippen molar-refractivity contribution < 1.29 is 4.92 Å². The van der Waals surface area contributed by atoms with Crippen molar-refractivity contribution in [1.29, 1.82) is 0 Å². The summed E-state index contributed by atoms with van der Waals surface area (Å²) in [7, 11) is 0. The lowest BCUT2D eigenvalue weighted by atomic mass is 10.3. The molecule has 6 heteroatoms. The quantitative estimate of drug-likeness (QED) is 0.678. The lowest BCUT2D eigenvalue weighted by Gasteiger charge is -2.03. The normalized spacial score (nSPS) is 10.3. The maximum Gasteiger partial charge on any atom is 0.269 e. The van der Waals surface area contributed by atoms with Crippen LogP contribution in [0.2, 0.25) is 0 Å². The molecule has 1 aromatic carbocycles. The van der Waals surface area contributed by atoms with Gasteiger partial charge in [0.15, 0.2) is 0 Å². The van der Waals surface area contributed by atoms with Crippen LogP contribution in [0.25, 0.3) is 0 Å². The van der Waals surface area contributed by atoms with E-state index in [1.165, 1.54) is 23.9 Å². The maximum atomic E-state index is 10.5. The number of aryl methyl sites for hydroxylation is 1. The number of hydrogen-bond acceptors (Lipinski definition) is 5. The first-order valence-electron chi connectivity index (χ1n) is 5.21. The summed E-state index contributed by atoms with van der Waals surface area (Å²) < 4.78 is 0. The smallest absolute Gasteiger partial charge is 0.269 e. The molecule has 1 heterocycles. The van der Waals surface area contributed by atoms with E-state index in [0.29, 0.717) is 5.69 Å². The van der Waals surface area contributed by atoms with Crippen LogP contribution in [-0.4, -0.2) is 9.91 Å². The molecule has 18 heavy (non-hydrogen) atoms. The Kier molecular flexibility index (Phi) is 3.47. The number of nitro groups is 1. The summed E-state index contributed by atoms with van der Waals surface area (Å²) in [6, 6.07) is 10.00. The molecule has 0 spiro atoms. The highest BCUT2D eigenvalue weighted by molar-refractivity contribution is 7.99. The van der Waals surface area contributed by atoms with Gasteiger partial charge in [-0.25, -0.2) is 4.98 Å². The molecule has 1 aromatic heterocycles. The first kappa shape index (κ1) is 12.4. The minimum atomic E-state index is -0.417. The number of nitrogens with zero attached hydrogens (tertiary/aromatic N) is 2. The van der Waals surface area contributed by atoms with Crippen molar-refractivity contribution in [3.05, 3.63) is 52.2 Å². The molecule has 2 aromatic rings. The van der Waals surface area contributed by atoms with E-state index in [1.54, 1.807) is 18.2 Å². The van der Waals surface area contributed by atoms with Crippen molar-refractivity contribution in [3.8, 4) is 0 Å². The van der Waals surface area contributed by atoms with Crippen LogP contribution in [-0.2, 0) is 0 Å². The fourth-order valence-electron chi connectivity index (χ4n) is 1.36. The van der Waals surface area contributed by atoms with Gasteiger partial charge in [0, 0.05) is 17.0 Å². The second kappa shape index (κ2) is 5.05. The molecule has 0 bridgehead atoms. The van der Waals surface area contributed by atoms with E-state index < -0.39 is 4.92 Å². The topological polar surface area (TPSA) is 82.0 Å². The molecular formula is C12H11N3O2S. The molecule has 0 radical (unpaired) electrons. The standard InChI is InChI=1S/C12H11N3O2S/c1-8-11(13)6-7-12(14-8)18-10-4-2-9(3-5-10)15(16)17/h2-7H,13H2,1H3. The van der Waals surface area contributed by atoms with E-state index >= 15 is 0 Å². The van der Waals surface area contributed by atoms with Crippen molar-refractivity contribution >= 4 is 23.1 Å². The molecule has 0 fully saturated rings. The van der Waals surface area contributed by atoms with Crippen molar-refractivity contribution in [2.24, 2.45) is 0 Å². The molecular weight excluding hydrogens is 250 g/mol. The number of non-ortho nitro benzene ring substituents is 1. The van der Waals surface area contributed by atoms with Crippen LogP contribution in [0.4, 0.5) is 11.4 Å². The van der Waals surface area contributed by atoms with Gasteiger partial charge in [-0.2, -0.15) is 0 Å². The minimum Gasteiger partial charge on any atom is -0.397 e. The highest BCUT2D eigenvalue weighted by atomic mass is 32.2. The number of rotatable bonds is 3. The van der Waals surface area contributed by atoms with Gasteiger partial charge in [-0.1, -0.05) is 11.8 Å². The number of nitrogens with two attached hydrogens (primary N) is 1. The number of hydrogen-bond donors (Lipinski definition) is 1. The molecule has 5 nitrogen and oxygen atoms in total. The Bertz CT molecular complexity index is 584. The molecule has 2 rings (SSSR count). The fourth-order valence-corrected chi connectivity index (χ4v) is 2.19. The van der Waals surface area contributed by atoms with E-state index in [9.17, 15) is 10.1 Å². The van der Waals surface area contributed by atoms with Crippen LogP contribution in [0.1, 0.15) is 5.69 Å². The van der Waals surface area contributed by atoms with Gasteiger partial charge in [0.2, 0.25) is 0 Å². The van der Waals surface area contributed by atoms with Gasteiger partial charge in [0.05, 0.1) is 16.3 Å². The van der Waals surface area contributed by atoms with E-state index in [2.05, 4.69) is 4.98 Å². The first-order chi connectivity index (χ1) is 8.56. The van der Waals surface area contributed by atoms with Gasteiger partial charge < -0.3 is 5.73 Å². The highest BCUT2D eigenvalue weighted by Crippen LogP contribution is 2.28. The third-order valence-corrected chi connectivity index (χ3v) is 3.32. The van der Waals surface area contributed by atoms with E-state index in [0.717, 1.165) is 15.6 Å². The first-order valence-corrected chi connectivity index (χ1v) is 6.03. The predicted octanol–water partition coefficient (Wildman–Crippen LogP) is 3.03. The average molecular weight is 261 g/mol. The zero-order valence-electron chi connectivity index (χ0n) is 9.66. The minimum absolute atomic E-state index is 0.0841. The van der Waals surface area contributed by atoms with Crippen LogP contribution in [0.3, 0.4) is 0 Å². The third-order valence-electron chi connectivity index (χ3n) is 2.37. The zero-order valence-corrected chi connectivity index (χ0v) is 10.5. The monoisotopic (exact) mass is 261 g/mol. The lowest BCUT2D eigenvalue weighted by Crippen LogP contribution is -1.93. The van der Waals surface area contributed by atoms with Crippen molar-refractivity contribution in [2.45, 2.75) is 16.8 Å². The van der Waals surface area contributed by atoms with Crippen LogP contribution < -0.4 is 5.73 Å². The number of aromatic nitrogens is 1. The molecule has 0 amide bonds. The van der Waals surface area contributed by atoms with E-state index in [4.69, 9.17) is 5.73 Å². The van der Waals surface area contributed by atoms with E-state index in [-0.39, 0.29) is 5.69 Å². The van der Waals surface area contributed by atoms with Gasteiger partial charge in [0.25, 0.3) is 5.69 Å². The van der Waals surface area contributed by atoms with Gasteiger partial charge in [0.1, 0.15) is 5.03 Å². The summed E-state index contributed by atoms with van der Waals surface area (Å²) in [6.07, 6.45) is 0. The Morgan fingerprint density at radius 3 is 2.44 bits per heavy atom. The highest BCUT2D eigenvalue weighted by Gasteiger charge is 2.06. The number of nitrogen functional groups attached to an aromatic ring is 1. The second-order valence-electron chi connectivity index (χ2n) is 3.68. The van der Waals surface area contributed by atoms with Gasteiger partial charge >= 0.3 is 0 Å². The van der Waals surface area contributed by atoms with Gasteiger partial charge in [-0.3, -0.25) is 10.1 Å². The van der Waals surface area contributed by atoms with Crippen LogP contribution in [0.15, 0.2) is 46.3 Å². The molecule has 92 valence electrons. The lowest BCUT2D eigenvalue weighted by molar-refractivity contribution is -0.384. The second-order valence-corrected chi connectivity index (χ2v) is 4.77. The Morgan fingerprint density at radius 1 is 1.22 bits per heavy atom. The Morgan fingerprint density at radius 2 is 1.89 bits per heavy atom. The molecule has 0 saturated heterocycles. The third kappa shape index (κ3) is 2.78.